The lowest BCUT2D eigenvalue weighted by atomic mass is 9.89. The summed E-state index contributed by atoms with van der Waals surface area (Å²) in [7, 11) is 0. The molecule has 0 atom stereocenters. The second-order valence-electron chi connectivity index (χ2n) is 14.9. The number of nitrogens with zero attached hydrogens (tertiary/aromatic N) is 4. The van der Waals surface area contributed by atoms with E-state index in [2.05, 4.69) is 161 Å². The van der Waals surface area contributed by atoms with Gasteiger partial charge in [-0.15, -0.1) is 0 Å². The molecular formula is C53H30N4. The first-order valence-corrected chi connectivity index (χ1v) is 19.2. The second-order valence-corrected chi connectivity index (χ2v) is 14.9. The van der Waals surface area contributed by atoms with E-state index in [1.165, 1.54) is 54.0 Å². The molecule has 0 saturated heterocycles. The van der Waals surface area contributed by atoms with Crippen LogP contribution in [0.4, 0.5) is 5.69 Å². The number of hydrogen-bond acceptors (Lipinski definition) is 2. The lowest BCUT2D eigenvalue weighted by molar-refractivity contribution is 1.18. The molecule has 10 aromatic carbocycles. The largest absolute Gasteiger partial charge is 0.310 e. The summed E-state index contributed by atoms with van der Waals surface area (Å²) in [4.78, 5) is 14.1. The van der Waals surface area contributed by atoms with Gasteiger partial charge in [0, 0.05) is 38.7 Å². The van der Waals surface area contributed by atoms with Crippen molar-refractivity contribution in [3.63, 3.8) is 0 Å². The summed E-state index contributed by atoms with van der Waals surface area (Å²) in [6.07, 6.45) is 0. The fraction of sp³-hybridized carbons (Fsp3) is 0. The van der Waals surface area contributed by atoms with Gasteiger partial charge < -0.3 is 4.57 Å². The topological polar surface area (TPSA) is 35.1 Å². The van der Waals surface area contributed by atoms with E-state index < -0.39 is 0 Å². The normalized spacial score (nSPS) is 11.8. The van der Waals surface area contributed by atoms with Crippen LogP contribution in [0.15, 0.2) is 182 Å². The molecule has 4 nitrogen and oxygen atoms in total. The fourth-order valence-electron chi connectivity index (χ4n) is 9.06. The van der Waals surface area contributed by atoms with Crippen molar-refractivity contribution in [2.45, 2.75) is 0 Å². The molecule has 12 aromatic rings. The lowest BCUT2D eigenvalue weighted by Crippen LogP contribution is -1.96. The van der Waals surface area contributed by atoms with E-state index in [0.29, 0.717) is 11.5 Å². The standard InChI is InChI=1S/C53H30N4/c1-54-43-28-39-22-21-38-25-41(29-47-51(38)52(39)48(30-43)57(47)44-15-9-4-10-16-44)40-23-34-17-19-36-26-42(27-37-20-18-35(24-40)49(34)50(36)37)53-55-45(32-11-5-2-6-12-32)31-46(56-53)33-13-7-3-8-14-33/h2-31H. The van der Waals surface area contributed by atoms with Crippen molar-refractivity contribution in [3.8, 4) is 50.7 Å². The van der Waals surface area contributed by atoms with Gasteiger partial charge in [0.25, 0.3) is 0 Å². The summed E-state index contributed by atoms with van der Waals surface area (Å²) >= 11 is 0. The Morgan fingerprint density at radius 3 is 1.30 bits per heavy atom. The second kappa shape index (κ2) is 12.1. The first-order chi connectivity index (χ1) is 28.2. The fourth-order valence-corrected chi connectivity index (χ4v) is 9.06. The molecule has 0 amide bonds. The quantitative estimate of drug-likeness (QED) is 0.131. The minimum Gasteiger partial charge on any atom is -0.310 e. The maximum absolute atomic E-state index is 7.83. The molecule has 262 valence electrons. The van der Waals surface area contributed by atoms with Gasteiger partial charge in [0.2, 0.25) is 0 Å². The van der Waals surface area contributed by atoms with E-state index in [1.54, 1.807) is 0 Å². The lowest BCUT2D eigenvalue weighted by Gasteiger charge is -2.15. The molecule has 4 heteroatoms. The Labute approximate surface area is 328 Å². The summed E-state index contributed by atoms with van der Waals surface area (Å²) in [5, 5.41) is 12.0. The minimum absolute atomic E-state index is 0.648. The predicted molar refractivity (Wildman–Crippen MR) is 237 cm³/mol. The van der Waals surface area contributed by atoms with Crippen LogP contribution in [0.25, 0.3) is 120 Å². The maximum Gasteiger partial charge on any atom is 0.189 e. The highest BCUT2D eigenvalue weighted by Gasteiger charge is 2.20. The number of benzene rings is 10. The highest BCUT2D eigenvalue weighted by atomic mass is 15.0. The van der Waals surface area contributed by atoms with Crippen molar-refractivity contribution in [2.24, 2.45) is 0 Å². The van der Waals surface area contributed by atoms with Crippen molar-refractivity contribution in [3.05, 3.63) is 193 Å². The molecular weight excluding hydrogens is 693 g/mol. The van der Waals surface area contributed by atoms with E-state index in [1.807, 2.05) is 30.3 Å². The van der Waals surface area contributed by atoms with Gasteiger partial charge in [0.05, 0.1) is 23.5 Å². The molecule has 0 radical (unpaired) electrons. The zero-order valence-electron chi connectivity index (χ0n) is 30.6. The molecule has 57 heavy (non-hydrogen) atoms. The summed E-state index contributed by atoms with van der Waals surface area (Å²) < 4.78 is 2.33. The molecule has 0 spiro atoms. The van der Waals surface area contributed by atoms with Gasteiger partial charge in [-0.3, -0.25) is 0 Å². The van der Waals surface area contributed by atoms with Gasteiger partial charge in [-0.25, -0.2) is 14.8 Å². The van der Waals surface area contributed by atoms with Gasteiger partial charge in [0.15, 0.2) is 11.5 Å². The van der Waals surface area contributed by atoms with Gasteiger partial charge in [-0.1, -0.05) is 115 Å². The third kappa shape index (κ3) is 4.86. The molecule has 0 unspecified atom stereocenters. The zero-order valence-corrected chi connectivity index (χ0v) is 30.6. The van der Waals surface area contributed by atoms with Crippen molar-refractivity contribution in [1.29, 1.82) is 0 Å². The van der Waals surface area contributed by atoms with Gasteiger partial charge in [-0.05, 0) is 121 Å². The molecule has 0 aliphatic carbocycles. The van der Waals surface area contributed by atoms with Crippen molar-refractivity contribution >= 4 is 70.6 Å². The van der Waals surface area contributed by atoms with E-state index >= 15 is 0 Å². The summed E-state index contributed by atoms with van der Waals surface area (Å²) in [6.45, 7) is 7.83. The first-order valence-electron chi connectivity index (χ1n) is 19.2. The van der Waals surface area contributed by atoms with Crippen molar-refractivity contribution in [1.82, 2.24) is 14.5 Å². The van der Waals surface area contributed by atoms with Crippen LogP contribution in [0, 0.1) is 6.57 Å². The number of rotatable bonds is 5. The number of hydrogen-bond donors (Lipinski definition) is 0. The summed E-state index contributed by atoms with van der Waals surface area (Å²) in [5.41, 5.74) is 11.2. The highest BCUT2D eigenvalue weighted by molar-refractivity contribution is 6.27. The molecule has 0 saturated carbocycles. The zero-order chi connectivity index (χ0) is 37.6. The summed E-state index contributed by atoms with van der Waals surface area (Å²) in [6, 6.07) is 64.5. The molecule has 0 N–H and O–H groups in total. The molecule has 0 bridgehead atoms. The maximum atomic E-state index is 7.83. The summed E-state index contributed by atoms with van der Waals surface area (Å²) in [5.74, 6) is 0.710. The van der Waals surface area contributed by atoms with Crippen LogP contribution in [0.2, 0.25) is 0 Å². The van der Waals surface area contributed by atoms with Crippen LogP contribution >= 0.6 is 0 Å². The molecule has 12 rings (SSSR count). The van der Waals surface area contributed by atoms with Crippen LogP contribution in [0.3, 0.4) is 0 Å². The van der Waals surface area contributed by atoms with E-state index in [4.69, 9.17) is 16.5 Å². The highest BCUT2D eigenvalue weighted by Crippen LogP contribution is 2.45. The van der Waals surface area contributed by atoms with Crippen molar-refractivity contribution in [2.75, 3.05) is 0 Å². The van der Waals surface area contributed by atoms with Crippen LogP contribution in [-0.2, 0) is 0 Å². The van der Waals surface area contributed by atoms with Crippen LogP contribution < -0.4 is 0 Å². The molecule has 2 aromatic heterocycles. The van der Waals surface area contributed by atoms with Crippen LogP contribution in [0.5, 0.6) is 0 Å². The molecule has 0 fully saturated rings. The van der Waals surface area contributed by atoms with Gasteiger partial charge >= 0.3 is 0 Å². The van der Waals surface area contributed by atoms with Crippen LogP contribution in [-0.4, -0.2) is 14.5 Å². The van der Waals surface area contributed by atoms with E-state index in [-0.39, 0.29) is 0 Å². The Kier molecular flexibility index (Phi) is 6.66. The minimum atomic E-state index is 0.648. The van der Waals surface area contributed by atoms with Crippen LogP contribution in [0.1, 0.15) is 0 Å². The average Bonchev–Trinajstić information content (AvgIpc) is 3.62. The monoisotopic (exact) mass is 722 g/mol. The number of aromatic nitrogens is 3. The molecule has 0 aliphatic rings. The third-order valence-corrected chi connectivity index (χ3v) is 11.6. The van der Waals surface area contributed by atoms with Crippen molar-refractivity contribution < 1.29 is 0 Å². The van der Waals surface area contributed by atoms with E-state index in [9.17, 15) is 0 Å². The van der Waals surface area contributed by atoms with Gasteiger partial charge in [0.1, 0.15) is 0 Å². The number of para-hydroxylation sites is 1. The average molecular weight is 723 g/mol. The Hall–Kier alpha value is -7.87. The van der Waals surface area contributed by atoms with E-state index in [0.717, 1.165) is 55.7 Å². The third-order valence-electron chi connectivity index (χ3n) is 11.6. The molecule has 0 aliphatic heterocycles. The Morgan fingerprint density at radius 1 is 0.368 bits per heavy atom. The van der Waals surface area contributed by atoms with Gasteiger partial charge in [-0.2, -0.15) is 0 Å². The Bertz CT molecular complexity index is 3440. The predicted octanol–water partition coefficient (Wildman–Crippen LogP) is 14.3. The molecule has 2 heterocycles. The smallest absolute Gasteiger partial charge is 0.189 e. The Balaban J connectivity index is 1.03. The Morgan fingerprint density at radius 2 is 0.789 bits per heavy atom. The first kappa shape index (κ1) is 31.5. The SMILES string of the molecule is [C-]#[N+]c1cc2ccc3cc(-c4cc5ccc6cc(-c7nc(-c8ccccc8)cc(-c8ccccc8)n7)cc7ccc(c4)c5c67)cc4c3c2c(c1)n4-c1ccccc1.